The Labute approximate surface area is 111 Å². The first kappa shape index (κ1) is 12.7. The van der Waals surface area contributed by atoms with E-state index in [1.807, 2.05) is 13.0 Å². The number of pyridine rings is 1. The van der Waals surface area contributed by atoms with Crippen LogP contribution in [-0.2, 0) is 0 Å². The van der Waals surface area contributed by atoms with E-state index in [2.05, 4.69) is 4.98 Å². The third-order valence-corrected chi connectivity index (χ3v) is 2.55. The molecule has 5 nitrogen and oxygen atoms in total. The molecule has 2 N–H and O–H groups in total. The van der Waals surface area contributed by atoms with Gasteiger partial charge in [-0.25, -0.2) is 4.98 Å². The van der Waals surface area contributed by atoms with Crippen LogP contribution in [0.1, 0.15) is 11.3 Å². The summed E-state index contributed by atoms with van der Waals surface area (Å²) >= 11 is 0. The van der Waals surface area contributed by atoms with Crippen molar-refractivity contribution in [2.75, 3.05) is 12.8 Å². The number of hydrogen-bond acceptors (Lipinski definition) is 5. The minimum Gasteiger partial charge on any atom is -0.497 e. The Balaban J connectivity index is 2.41. The molecular formula is C14H13N3O2. The molecule has 5 heteroatoms. The Morgan fingerprint density at radius 3 is 2.74 bits per heavy atom. The molecule has 1 aromatic carbocycles. The van der Waals surface area contributed by atoms with Crippen molar-refractivity contribution in [2.45, 2.75) is 6.92 Å². The van der Waals surface area contributed by atoms with Crippen molar-refractivity contribution in [3.05, 3.63) is 41.6 Å². The van der Waals surface area contributed by atoms with Gasteiger partial charge in [0, 0.05) is 11.8 Å². The molecule has 96 valence electrons. The number of methoxy groups -OCH3 is 1. The average molecular weight is 255 g/mol. The zero-order chi connectivity index (χ0) is 13.8. The van der Waals surface area contributed by atoms with Gasteiger partial charge in [-0.1, -0.05) is 0 Å². The summed E-state index contributed by atoms with van der Waals surface area (Å²) in [5, 5.41) is 9.03. The average Bonchev–Trinajstić information content (AvgIpc) is 2.41. The van der Waals surface area contributed by atoms with Crippen molar-refractivity contribution >= 4 is 5.69 Å². The van der Waals surface area contributed by atoms with Crippen molar-refractivity contribution in [3.63, 3.8) is 0 Å². The number of hydrogen-bond donors (Lipinski definition) is 1. The van der Waals surface area contributed by atoms with E-state index in [4.69, 9.17) is 20.5 Å². The van der Waals surface area contributed by atoms with E-state index in [9.17, 15) is 0 Å². The van der Waals surface area contributed by atoms with E-state index in [-0.39, 0.29) is 5.88 Å². The second-order valence-corrected chi connectivity index (χ2v) is 3.92. The Morgan fingerprint density at radius 1 is 1.26 bits per heavy atom. The fourth-order valence-electron chi connectivity index (χ4n) is 1.53. The fraction of sp³-hybridized carbons (Fsp3) is 0.143. The second kappa shape index (κ2) is 5.27. The summed E-state index contributed by atoms with van der Waals surface area (Å²) < 4.78 is 10.7. The van der Waals surface area contributed by atoms with Crippen LogP contribution < -0.4 is 15.2 Å². The van der Waals surface area contributed by atoms with Gasteiger partial charge < -0.3 is 15.2 Å². The van der Waals surface area contributed by atoms with E-state index < -0.39 is 0 Å². The largest absolute Gasteiger partial charge is 0.497 e. The molecule has 2 rings (SSSR count). The Morgan fingerprint density at radius 2 is 2.05 bits per heavy atom. The van der Waals surface area contributed by atoms with Gasteiger partial charge in [-0.05, 0) is 31.2 Å². The molecule has 0 radical (unpaired) electrons. The standard InChI is InChI=1S/C14H13N3O2/c1-9-3-4-10(8-15)14(17-9)19-13-7-11(18-2)5-6-12(13)16/h3-7H,16H2,1-2H3. The highest BCUT2D eigenvalue weighted by atomic mass is 16.5. The Hall–Kier alpha value is -2.74. The zero-order valence-electron chi connectivity index (χ0n) is 10.7. The predicted octanol–water partition coefficient (Wildman–Crippen LogP) is 2.64. The van der Waals surface area contributed by atoms with Gasteiger partial charge in [-0.3, -0.25) is 0 Å². The van der Waals surface area contributed by atoms with Gasteiger partial charge in [0.2, 0.25) is 5.88 Å². The number of aromatic nitrogens is 1. The molecule has 0 unspecified atom stereocenters. The minimum absolute atomic E-state index is 0.238. The van der Waals surface area contributed by atoms with Crippen molar-refractivity contribution in [1.82, 2.24) is 4.98 Å². The fourth-order valence-corrected chi connectivity index (χ4v) is 1.53. The monoisotopic (exact) mass is 255 g/mol. The molecule has 0 saturated carbocycles. The smallest absolute Gasteiger partial charge is 0.237 e. The molecule has 2 aromatic rings. The summed E-state index contributed by atoms with van der Waals surface area (Å²) in [6, 6.07) is 10.5. The van der Waals surface area contributed by atoms with Crippen LogP contribution >= 0.6 is 0 Å². The number of aryl methyl sites for hydroxylation is 1. The van der Waals surface area contributed by atoms with Crippen molar-refractivity contribution in [1.29, 1.82) is 5.26 Å². The second-order valence-electron chi connectivity index (χ2n) is 3.92. The number of rotatable bonds is 3. The van der Waals surface area contributed by atoms with Crippen LogP contribution in [0, 0.1) is 18.3 Å². The predicted molar refractivity (Wildman–Crippen MR) is 71.2 cm³/mol. The van der Waals surface area contributed by atoms with Gasteiger partial charge in [-0.2, -0.15) is 5.26 Å². The number of nitrogens with two attached hydrogens (primary N) is 1. The third-order valence-electron chi connectivity index (χ3n) is 2.55. The molecular weight excluding hydrogens is 242 g/mol. The van der Waals surface area contributed by atoms with Crippen LogP contribution in [0.15, 0.2) is 30.3 Å². The van der Waals surface area contributed by atoms with E-state index >= 15 is 0 Å². The van der Waals surface area contributed by atoms with Crippen LogP contribution in [0.25, 0.3) is 0 Å². The lowest BCUT2D eigenvalue weighted by molar-refractivity contribution is 0.407. The summed E-state index contributed by atoms with van der Waals surface area (Å²) in [5.41, 5.74) is 7.40. The van der Waals surface area contributed by atoms with E-state index in [1.54, 1.807) is 37.4 Å². The molecule has 0 saturated heterocycles. The maximum absolute atomic E-state index is 9.03. The molecule has 0 bridgehead atoms. The van der Waals surface area contributed by atoms with Crippen LogP contribution in [0.5, 0.6) is 17.4 Å². The molecule has 0 spiro atoms. The number of ether oxygens (including phenoxy) is 2. The number of nitrogens with zero attached hydrogens (tertiary/aromatic N) is 2. The molecule has 1 heterocycles. The zero-order valence-corrected chi connectivity index (χ0v) is 10.7. The normalized spacial score (nSPS) is 9.74. The van der Waals surface area contributed by atoms with Crippen molar-refractivity contribution in [3.8, 4) is 23.4 Å². The van der Waals surface area contributed by atoms with Crippen LogP contribution in [0.4, 0.5) is 5.69 Å². The highest BCUT2D eigenvalue weighted by Gasteiger charge is 2.10. The highest BCUT2D eigenvalue weighted by Crippen LogP contribution is 2.31. The lowest BCUT2D eigenvalue weighted by Gasteiger charge is -2.10. The van der Waals surface area contributed by atoms with Crippen LogP contribution in [0.3, 0.4) is 0 Å². The molecule has 1 aromatic heterocycles. The van der Waals surface area contributed by atoms with Crippen molar-refractivity contribution < 1.29 is 9.47 Å². The van der Waals surface area contributed by atoms with Crippen LogP contribution in [-0.4, -0.2) is 12.1 Å². The maximum atomic E-state index is 9.03. The summed E-state index contributed by atoms with van der Waals surface area (Å²) in [7, 11) is 1.56. The van der Waals surface area contributed by atoms with Gasteiger partial charge in [0.25, 0.3) is 0 Å². The summed E-state index contributed by atoms with van der Waals surface area (Å²) in [6.45, 7) is 1.82. The van der Waals surface area contributed by atoms with Crippen LogP contribution in [0.2, 0.25) is 0 Å². The maximum Gasteiger partial charge on any atom is 0.237 e. The molecule has 0 aliphatic rings. The topological polar surface area (TPSA) is 81.2 Å². The van der Waals surface area contributed by atoms with E-state index in [1.165, 1.54) is 0 Å². The van der Waals surface area contributed by atoms with E-state index in [0.717, 1.165) is 5.69 Å². The minimum atomic E-state index is 0.238. The molecule has 0 aliphatic carbocycles. The summed E-state index contributed by atoms with van der Waals surface area (Å²) in [5.74, 6) is 1.27. The molecule has 0 atom stereocenters. The summed E-state index contributed by atoms with van der Waals surface area (Å²) in [4.78, 5) is 4.19. The number of nitriles is 1. The number of anilines is 1. The first-order chi connectivity index (χ1) is 9.13. The lowest BCUT2D eigenvalue weighted by atomic mass is 10.2. The van der Waals surface area contributed by atoms with Crippen molar-refractivity contribution in [2.24, 2.45) is 0 Å². The number of nitrogen functional groups attached to an aromatic ring is 1. The molecule has 0 amide bonds. The van der Waals surface area contributed by atoms with Gasteiger partial charge >= 0.3 is 0 Å². The SMILES string of the molecule is COc1ccc(N)c(Oc2nc(C)ccc2C#N)c1. The highest BCUT2D eigenvalue weighted by molar-refractivity contribution is 5.57. The molecule has 19 heavy (non-hydrogen) atoms. The van der Waals surface area contributed by atoms with Gasteiger partial charge in [0.15, 0.2) is 5.75 Å². The van der Waals surface area contributed by atoms with E-state index in [0.29, 0.717) is 22.7 Å². The lowest BCUT2D eigenvalue weighted by Crippen LogP contribution is -1.97. The van der Waals surface area contributed by atoms with Gasteiger partial charge in [0.1, 0.15) is 17.4 Å². The van der Waals surface area contributed by atoms with Gasteiger partial charge in [0.05, 0.1) is 12.8 Å². The quantitative estimate of drug-likeness (QED) is 0.852. The molecule has 0 fully saturated rings. The third kappa shape index (κ3) is 2.75. The summed E-state index contributed by atoms with van der Waals surface area (Å²) in [6.07, 6.45) is 0. The molecule has 0 aliphatic heterocycles. The Kier molecular flexibility index (Phi) is 3.53. The Bertz CT molecular complexity index is 648. The van der Waals surface area contributed by atoms with Gasteiger partial charge in [-0.15, -0.1) is 0 Å². The first-order valence-corrected chi connectivity index (χ1v) is 5.63. The first-order valence-electron chi connectivity index (χ1n) is 5.63. The number of benzene rings is 1.